The number of anilines is 2. The highest BCUT2D eigenvalue weighted by Gasteiger charge is 2.12. The van der Waals surface area contributed by atoms with Crippen LogP contribution in [0.25, 0.3) is 0 Å². The number of nitro groups is 1. The third-order valence-corrected chi connectivity index (χ3v) is 2.56. The first-order valence-corrected chi connectivity index (χ1v) is 5.35. The van der Waals surface area contributed by atoms with Crippen LogP contribution in [0.1, 0.15) is 11.3 Å². The molecule has 7 nitrogen and oxygen atoms in total. The Kier molecular flexibility index (Phi) is 2.97. The Morgan fingerprint density at radius 3 is 2.67 bits per heavy atom. The van der Waals surface area contributed by atoms with Crippen LogP contribution in [0.5, 0.6) is 0 Å². The number of pyridine rings is 1. The van der Waals surface area contributed by atoms with Crippen molar-refractivity contribution in [2.75, 3.05) is 5.32 Å². The molecule has 2 aromatic rings. The first kappa shape index (κ1) is 12.0. The lowest BCUT2D eigenvalue weighted by molar-refractivity contribution is -0.385. The number of hydrogen-bond donors (Lipinski definition) is 1. The van der Waals surface area contributed by atoms with E-state index in [0.29, 0.717) is 11.4 Å². The lowest BCUT2D eigenvalue weighted by Crippen LogP contribution is -1.98. The van der Waals surface area contributed by atoms with Gasteiger partial charge in [0.2, 0.25) is 0 Å². The normalized spacial score (nSPS) is 10.4. The first-order chi connectivity index (χ1) is 8.47. The van der Waals surface area contributed by atoms with Crippen molar-refractivity contribution in [1.82, 2.24) is 14.8 Å². The molecular weight excluding hydrogens is 234 g/mol. The van der Waals surface area contributed by atoms with Gasteiger partial charge in [-0.25, -0.2) is 4.98 Å². The maximum Gasteiger partial charge on any atom is 0.290 e. The number of aryl methyl sites for hydroxylation is 3. The number of hydrogen-bond acceptors (Lipinski definition) is 5. The number of nitrogens with one attached hydrogen (secondary N) is 1. The summed E-state index contributed by atoms with van der Waals surface area (Å²) in [4.78, 5) is 14.3. The van der Waals surface area contributed by atoms with Gasteiger partial charge in [0.25, 0.3) is 5.69 Å². The molecule has 0 saturated carbocycles. The number of aromatic nitrogens is 3. The van der Waals surface area contributed by atoms with E-state index in [-0.39, 0.29) is 5.69 Å². The minimum absolute atomic E-state index is 0.0171. The average Bonchev–Trinajstić information content (AvgIpc) is 2.57. The van der Waals surface area contributed by atoms with Crippen molar-refractivity contribution in [3.8, 4) is 0 Å². The van der Waals surface area contributed by atoms with Crippen LogP contribution in [0.4, 0.5) is 17.2 Å². The summed E-state index contributed by atoms with van der Waals surface area (Å²) in [5.41, 5.74) is 2.26. The smallest absolute Gasteiger partial charge is 0.290 e. The monoisotopic (exact) mass is 247 g/mol. The van der Waals surface area contributed by atoms with E-state index >= 15 is 0 Å². The highest BCUT2D eigenvalue weighted by molar-refractivity contribution is 5.59. The quantitative estimate of drug-likeness (QED) is 0.663. The van der Waals surface area contributed by atoms with Gasteiger partial charge in [0.05, 0.1) is 16.3 Å². The minimum atomic E-state index is -0.443. The van der Waals surface area contributed by atoms with E-state index in [2.05, 4.69) is 15.4 Å². The molecule has 0 unspecified atom stereocenters. The summed E-state index contributed by atoms with van der Waals surface area (Å²) in [5.74, 6) is 0.564. The zero-order valence-electron chi connectivity index (χ0n) is 10.3. The Bertz CT molecular complexity index is 605. The van der Waals surface area contributed by atoms with Gasteiger partial charge in [-0.1, -0.05) is 0 Å². The van der Waals surface area contributed by atoms with Gasteiger partial charge in [0.1, 0.15) is 12.0 Å². The minimum Gasteiger partial charge on any atom is -0.337 e. The highest BCUT2D eigenvalue weighted by atomic mass is 16.6. The Labute approximate surface area is 104 Å². The standard InChI is InChI=1S/C11H13N5O2/c1-7-4-11(12-5-10(7)16(17)18)13-9-6-15(3)14-8(9)2/h4-6H,1-3H3,(H,12,13). The van der Waals surface area contributed by atoms with E-state index < -0.39 is 4.92 Å². The van der Waals surface area contributed by atoms with Crippen LogP contribution in [0.2, 0.25) is 0 Å². The van der Waals surface area contributed by atoms with Crippen LogP contribution in [0, 0.1) is 24.0 Å². The molecule has 0 spiro atoms. The number of rotatable bonds is 3. The molecular formula is C11H13N5O2. The Morgan fingerprint density at radius 1 is 1.44 bits per heavy atom. The molecule has 0 aliphatic rings. The molecule has 2 aromatic heterocycles. The molecule has 0 atom stereocenters. The molecule has 1 N–H and O–H groups in total. The predicted octanol–water partition coefficient (Wildman–Crippen LogP) is 2.08. The molecule has 0 aliphatic heterocycles. The molecule has 18 heavy (non-hydrogen) atoms. The van der Waals surface area contributed by atoms with Crippen molar-refractivity contribution < 1.29 is 4.92 Å². The predicted molar refractivity (Wildman–Crippen MR) is 66.9 cm³/mol. The fourth-order valence-corrected chi connectivity index (χ4v) is 1.67. The van der Waals surface area contributed by atoms with Crippen LogP contribution in [-0.2, 0) is 7.05 Å². The van der Waals surface area contributed by atoms with Crippen molar-refractivity contribution in [2.24, 2.45) is 7.05 Å². The van der Waals surface area contributed by atoms with Crippen LogP contribution in [-0.4, -0.2) is 19.7 Å². The highest BCUT2D eigenvalue weighted by Crippen LogP contribution is 2.22. The van der Waals surface area contributed by atoms with E-state index in [1.54, 1.807) is 17.7 Å². The second-order valence-corrected chi connectivity index (χ2v) is 4.04. The molecule has 7 heteroatoms. The largest absolute Gasteiger partial charge is 0.337 e. The molecule has 94 valence electrons. The van der Waals surface area contributed by atoms with Crippen LogP contribution in [0.3, 0.4) is 0 Å². The SMILES string of the molecule is Cc1cc(Nc2cn(C)nc2C)ncc1[N+](=O)[O-]. The molecule has 0 aliphatic carbocycles. The molecule has 0 bridgehead atoms. The van der Waals surface area contributed by atoms with E-state index in [1.165, 1.54) is 6.20 Å². The lowest BCUT2D eigenvalue weighted by atomic mass is 10.2. The third kappa shape index (κ3) is 2.29. The summed E-state index contributed by atoms with van der Waals surface area (Å²) >= 11 is 0. The Morgan fingerprint density at radius 2 is 2.17 bits per heavy atom. The molecule has 0 radical (unpaired) electrons. The molecule has 2 heterocycles. The van der Waals surface area contributed by atoms with Crippen molar-refractivity contribution in [3.05, 3.63) is 39.8 Å². The molecule has 0 saturated heterocycles. The molecule has 2 rings (SSSR count). The zero-order valence-corrected chi connectivity index (χ0v) is 10.3. The third-order valence-electron chi connectivity index (χ3n) is 2.56. The second kappa shape index (κ2) is 4.44. The first-order valence-electron chi connectivity index (χ1n) is 5.35. The van der Waals surface area contributed by atoms with E-state index in [1.807, 2.05) is 20.2 Å². The summed E-state index contributed by atoms with van der Waals surface area (Å²) in [6, 6.07) is 1.64. The maximum absolute atomic E-state index is 10.7. The molecule has 0 aromatic carbocycles. The number of nitrogens with zero attached hydrogens (tertiary/aromatic N) is 4. The lowest BCUT2D eigenvalue weighted by Gasteiger charge is -2.04. The van der Waals surface area contributed by atoms with Crippen molar-refractivity contribution in [2.45, 2.75) is 13.8 Å². The van der Waals surface area contributed by atoms with Gasteiger partial charge in [-0.3, -0.25) is 14.8 Å². The van der Waals surface area contributed by atoms with Crippen molar-refractivity contribution in [1.29, 1.82) is 0 Å². The van der Waals surface area contributed by atoms with Crippen LogP contribution >= 0.6 is 0 Å². The van der Waals surface area contributed by atoms with E-state index in [4.69, 9.17) is 0 Å². The Balaban J connectivity index is 2.28. The van der Waals surface area contributed by atoms with Gasteiger partial charge in [-0.2, -0.15) is 5.10 Å². The molecule has 0 fully saturated rings. The fourth-order valence-electron chi connectivity index (χ4n) is 1.67. The van der Waals surface area contributed by atoms with Crippen LogP contribution in [0.15, 0.2) is 18.5 Å². The van der Waals surface area contributed by atoms with Crippen molar-refractivity contribution in [3.63, 3.8) is 0 Å². The summed E-state index contributed by atoms with van der Waals surface area (Å²) in [5, 5.41) is 18.0. The maximum atomic E-state index is 10.7. The average molecular weight is 247 g/mol. The van der Waals surface area contributed by atoms with Gasteiger partial charge in [-0.15, -0.1) is 0 Å². The van der Waals surface area contributed by atoms with Crippen molar-refractivity contribution >= 4 is 17.2 Å². The van der Waals surface area contributed by atoms with Gasteiger partial charge < -0.3 is 5.32 Å². The van der Waals surface area contributed by atoms with Gasteiger partial charge in [0.15, 0.2) is 0 Å². The van der Waals surface area contributed by atoms with Gasteiger partial charge in [0, 0.05) is 18.8 Å². The van der Waals surface area contributed by atoms with E-state index in [0.717, 1.165) is 11.4 Å². The summed E-state index contributed by atoms with van der Waals surface area (Å²) in [6.45, 7) is 3.56. The summed E-state index contributed by atoms with van der Waals surface area (Å²) in [7, 11) is 1.83. The van der Waals surface area contributed by atoms with Gasteiger partial charge >= 0.3 is 0 Å². The second-order valence-electron chi connectivity index (χ2n) is 4.04. The van der Waals surface area contributed by atoms with Gasteiger partial charge in [-0.05, 0) is 19.9 Å². The van der Waals surface area contributed by atoms with Crippen LogP contribution < -0.4 is 5.32 Å². The van der Waals surface area contributed by atoms with E-state index in [9.17, 15) is 10.1 Å². The Hall–Kier alpha value is -2.44. The fraction of sp³-hybridized carbons (Fsp3) is 0.273. The molecule has 0 amide bonds. The zero-order chi connectivity index (χ0) is 13.3. The topological polar surface area (TPSA) is 85.9 Å². The summed E-state index contributed by atoms with van der Waals surface area (Å²) < 4.78 is 1.69. The summed E-state index contributed by atoms with van der Waals surface area (Å²) in [6.07, 6.45) is 3.08.